The van der Waals surface area contributed by atoms with Crippen LogP contribution in [0.1, 0.15) is 46.3 Å². The van der Waals surface area contributed by atoms with Crippen molar-refractivity contribution in [1.29, 1.82) is 5.26 Å². The summed E-state index contributed by atoms with van der Waals surface area (Å²) in [6.45, 7) is 9.57. The van der Waals surface area contributed by atoms with E-state index in [9.17, 15) is 4.79 Å². The van der Waals surface area contributed by atoms with Crippen LogP contribution in [-0.2, 0) is 22.7 Å². The number of rotatable bonds is 19. The lowest BCUT2D eigenvalue weighted by Crippen LogP contribution is -2.47. The fourth-order valence-electron chi connectivity index (χ4n) is 8.34. The molecule has 6 aromatic rings. The number of amides is 1. The summed E-state index contributed by atoms with van der Waals surface area (Å²) >= 11 is 2.96. The van der Waals surface area contributed by atoms with E-state index in [4.69, 9.17) is 59.5 Å². The highest BCUT2D eigenvalue weighted by Crippen LogP contribution is 2.37. The lowest BCUT2D eigenvalue weighted by molar-refractivity contribution is -0.154. The first-order valence-electron chi connectivity index (χ1n) is 26.0. The van der Waals surface area contributed by atoms with Gasteiger partial charge in [-0.1, -0.05) is 71.5 Å². The van der Waals surface area contributed by atoms with E-state index >= 15 is 0 Å². The predicted molar refractivity (Wildman–Crippen MR) is 303 cm³/mol. The van der Waals surface area contributed by atoms with Crippen LogP contribution in [0.2, 0.25) is 0 Å². The van der Waals surface area contributed by atoms with E-state index < -0.39 is 5.91 Å². The molecule has 0 saturated carbocycles. The predicted octanol–water partition coefficient (Wildman–Crippen LogP) is 7.19. The Labute approximate surface area is 470 Å². The summed E-state index contributed by atoms with van der Waals surface area (Å²) < 4.78 is 34.4. The molecule has 0 radical (unpaired) electrons. The monoisotopic (exact) mass is 1100 g/mol. The van der Waals surface area contributed by atoms with Crippen molar-refractivity contribution in [3.63, 3.8) is 0 Å². The van der Waals surface area contributed by atoms with Crippen molar-refractivity contribution in [1.82, 2.24) is 29.7 Å². The molecule has 20 heteroatoms. The molecule has 1 unspecified atom stereocenters. The van der Waals surface area contributed by atoms with Crippen molar-refractivity contribution in [3.05, 3.63) is 132 Å². The summed E-state index contributed by atoms with van der Waals surface area (Å²) in [6.07, 6.45) is 6.71. The molecular weight excluding hydrogens is 1040 g/mol. The molecule has 18 nitrogen and oxygen atoms in total. The average molecular weight is 1110 g/mol. The molecule has 1 amide bonds. The summed E-state index contributed by atoms with van der Waals surface area (Å²) in [5.74, 6) is 15.3. The minimum absolute atomic E-state index is 0.102. The lowest BCUT2D eigenvalue weighted by atomic mass is 10.2. The molecule has 1 atom stereocenters. The van der Waals surface area contributed by atoms with Gasteiger partial charge in [0.1, 0.15) is 37.9 Å². The Morgan fingerprint density at radius 3 is 1.68 bits per heavy atom. The molecule has 3 aliphatic heterocycles. The topological polar surface area (TPSA) is 207 Å². The number of hydrogen-bond acceptors (Lipinski definition) is 19. The second-order valence-electron chi connectivity index (χ2n) is 18.2. The third-order valence-corrected chi connectivity index (χ3v) is 14.8. The molecule has 3 fully saturated rings. The number of nitrogens with two attached hydrogens (primary N) is 1. The second kappa shape index (κ2) is 30.5. The standard InChI is InChI=1S/C32H35N5O4S.C27H29N5O4S/c1-38-27-8-6-7-26(21-27)24-41-31-29(42-28-12-10-25(22-33)11-13-28)23-34-32(35-31)37-17-15-36(16-18-37)14-3-5-20-40-30-9-2-4-19-39-30;1-35-22-6-4-5-20(17-22)19-36-26-24(37-23-9-7-21(8-10-23)25(28)34)18-29-27(30-26)32-14-12-31(13-15-32)11-2-3-16-33/h6-8,10-13,21,23,30H,2,4,9,14-20,24H2,1H3;4-10,17-18,33H,11-16,19H2,1H3,(H2,28,34). The van der Waals surface area contributed by atoms with Crippen molar-refractivity contribution < 1.29 is 38.3 Å². The van der Waals surface area contributed by atoms with Crippen LogP contribution < -0.4 is 34.5 Å². The Kier molecular flexibility index (Phi) is 22.3. The third-order valence-electron chi connectivity index (χ3n) is 12.7. The van der Waals surface area contributed by atoms with Crippen molar-refractivity contribution in [2.24, 2.45) is 5.73 Å². The molecular formula is C59H64N10O8S2. The maximum Gasteiger partial charge on any atom is 0.248 e. The van der Waals surface area contributed by atoms with Crippen LogP contribution in [0.4, 0.5) is 11.9 Å². The maximum absolute atomic E-state index is 11.4. The zero-order valence-corrected chi connectivity index (χ0v) is 46.1. The number of nitrogens with zero attached hydrogens (tertiary/aromatic N) is 9. The Hall–Kier alpha value is -7.58. The van der Waals surface area contributed by atoms with Gasteiger partial charge < -0.3 is 49.1 Å². The summed E-state index contributed by atoms with van der Waals surface area (Å²) in [5, 5.41) is 18.0. The van der Waals surface area contributed by atoms with Gasteiger partial charge >= 0.3 is 0 Å². The van der Waals surface area contributed by atoms with E-state index in [2.05, 4.69) is 54.3 Å². The van der Waals surface area contributed by atoms with Crippen LogP contribution in [-0.4, -0.2) is 147 Å². The van der Waals surface area contributed by atoms with Crippen LogP contribution in [0.3, 0.4) is 0 Å². The van der Waals surface area contributed by atoms with Crippen molar-refractivity contribution in [3.8, 4) is 53.0 Å². The fraction of sp³-hybridized carbons (Fsp3) is 0.356. The first-order chi connectivity index (χ1) is 38.7. The van der Waals surface area contributed by atoms with Gasteiger partial charge in [0.05, 0.1) is 61.1 Å². The Balaban J connectivity index is 0.000000210. The number of anilines is 2. The molecule has 79 heavy (non-hydrogen) atoms. The van der Waals surface area contributed by atoms with E-state index in [0.29, 0.717) is 67.7 Å². The van der Waals surface area contributed by atoms with E-state index in [1.807, 2.05) is 79.0 Å². The number of aromatic nitrogens is 4. The van der Waals surface area contributed by atoms with Crippen LogP contribution in [0.25, 0.3) is 0 Å². The Bertz CT molecular complexity index is 3090. The average Bonchev–Trinajstić information content (AvgIpc) is 3.51. The van der Waals surface area contributed by atoms with E-state index in [-0.39, 0.29) is 12.9 Å². The fourth-order valence-corrected chi connectivity index (χ4v) is 9.99. The molecule has 3 aliphatic rings. The SMILES string of the molecule is COc1cccc(COc2nc(N3CCN(CC#CCO)CC3)ncc2Sc2ccc(C(N)=O)cc2)c1.COc1cccc(COc2nc(N3CCN(CC#CCOC4CCCCO4)CC3)ncc2Sc2ccc(C#N)cc2)c1. The number of carbonyl (C=O) groups excluding carboxylic acids is 1. The second-order valence-corrected chi connectivity index (χ2v) is 20.4. The molecule has 0 bridgehead atoms. The highest BCUT2D eigenvalue weighted by atomic mass is 32.2. The van der Waals surface area contributed by atoms with E-state index in [0.717, 1.165) is 120 Å². The van der Waals surface area contributed by atoms with Crippen LogP contribution in [0.5, 0.6) is 23.3 Å². The summed E-state index contributed by atoms with van der Waals surface area (Å²) in [5.41, 5.74) is 8.37. The number of piperazine rings is 2. The maximum atomic E-state index is 11.4. The molecule has 2 aromatic heterocycles. The minimum Gasteiger partial charge on any atom is -0.497 e. The van der Waals surface area contributed by atoms with E-state index in [1.54, 1.807) is 44.7 Å². The molecule has 0 aliphatic carbocycles. The number of primary amides is 1. The van der Waals surface area contributed by atoms with Crippen LogP contribution in [0.15, 0.2) is 129 Å². The summed E-state index contributed by atoms with van der Waals surface area (Å²) in [7, 11) is 3.28. The number of methoxy groups -OCH3 is 2. The molecule has 0 spiro atoms. The van der Waals surface area contributed by atoms with Gasteiger partial charge in [0.25, 0.3) is 0 Å². The van der Waals surface area contributed by atoms with Crippen LogP contribution >= 0.6 is 23.5 Å². The number of aliphatic hydroxyl groups is 1. The van der Waals surface area contributed by atoms with Gasteiger partial charge in [0.2, 0.25) is 29.6 Å². The highest BCUT2D eigenvalue weighted by Gasteiger charge is 2.23. The Morgan fingerprint density at radius 1 is 0.696 bits per heavy atom. The van der Waals surface area contributed by atoms with Gasteiger partial charge in [-0.15, -0.1) is 0 Å². The third kappa shape index (κ3) is 18.0. The van der Waals surface area contributed by atoms with Gasteiger partial charge in [-0.3, -0.25) is 14.6 Å². The zero-order chi connectivity index (χ0) is 55.0. The van der Waals surface area contributed by atoms with Gasteiger partial charge in [0.15, 0.2) is 6.29 Å². The van der Waals surface area contributed by atoms with Crippen molar-refractivity contribution in [2.75, 3.05) is 109 Å². The largest absolute Gasteiger partial charge is 0.497 e. The number of ether oxygens (including phenoxy) is 6. The van der Waals surface area contributed by atoms with Crippen molar-refractivity contribution in [2.45, 2.75) is 58.3 Å². The van der Waals surface area contributed by atoms with Crippen molar-refractivity contribution >= 4 is 41.3 Å². The molecule has 9 rings (SSSR count). The quantitative estimate of drug-likeness (QED) is 0.0770. The van der Waals surface area contributed by atoms with Gasteiger partial charge in [-0.2, -0.15) is 15.2 Å². The number of benzene rings is 4. The number of aliphatic hydroxyl groups excluding tert-OH is 1. The normalized spacial score (nSPS) is 15.4. The van der Waals surface area contributed by atoms with Gasteiger partial charge in [0, 0.05) is 74.3 Å². The zero-order valence-electron chi connectivity index (χ0n) is 44.4. The van der Waals surface area contributed by atoms with Gasteiger partial charge in [-0.05, 0) is 103 Å². The minimum atomic E-state index is -0.466. The first kappa shape index (κ1) is 57.6. The molecule has 5 heterocycles. The van der Waals surface area contributed by atoms with E-state index in [1.165, 1.54) is 23.5 Å². The molecule has 4 aromatic carbocycles. The van der Waals surface area contributed by atoms with Crippen LogP contribution in [0, 0.1) is 35.0 Å². The summed E-state index contributed by atoms with van der Waals surface area (Å²) in [6, 6.07) is 32.2. The number of hydrogen-bond donors (Lipinski definition) is 2. The molecule has 3 saturated heterocycles. The molecule has 410 valence electrons. The molecule has 3 N–H and O–H groups in total. The van der Waals surface area contributed by atoms with Gasteiger partial charge in [-0.25, -0.2) is 9.97 Å². The summed E-state index contributed by atoms with van der Waals surface area (Å²) in [4.78, 5) is 42.7. The highest BCUT2D eigenvalue weighted by molar-refractivity contribution is 7.99. The Morgan fingerprint density at radius 2 is 1.22 bits per heavy atom. The number of nitriles is 1. The number of carbonyl (C=O) groups is 1. The lowest BCUT2D eigenvalue weighted by Gasteiger charge is -2.33. The smallest absolute Gasteiger partial charge is 0.248 e. The first-order valence-corrected chi connectivity index (χ1v) is 27.6.